The van der Waals surface area contributed by atoms with E-state index in [1.165, 1.54) is 34.7 Å². The third-order valence-electron chi connectivity index (χ3n) is 20.7. The summed E-state index contributed by atoms with van der Waals surface area (Å²) >= 11 is 0. The maximum atomic E-state index is 14.3. The number of piperidine rings is 2. The predicted octanol–water partition coefficient (Wildman–Crippen LogP) is 13.0. The molecule has 3 fully saturated rings. The second-order valence-electron chi connectivity index (χ2n) is 27.4. The topological polar surface area (TPSA) is 150 Å². The molecular weight excluding hydrogens is 1300 g/mol. The molecule has 3 aliphatic heterocycles. The van der Waals surface area contributed by atoms with Gasteiger partial charge in [0.15, 0.2) is 0 Å². The number of alkyl halides is 6. The van der Waals surface area contributed by atoms with E-state index in [4.69, 9.17) is 9.47 Å². The van der Waals surface area contributed by atoms with Gasteiger partial charge < -0.3 is 48.9 Å². The summed E-state index contributed by atoms with van der Waals surface area (Å²) in [5.41, 5.74) is 1.39. The number of amides is 5. The van der Waals surface area contributed by atoms with Gasteiger partial charge in [0.1, 0.15) is 24.8 Å². The molecule has 1 N–H and O–H groups in total. The van der Waals surface area contributed by atoms with Crippen LogP contribution in [-0.4, -0.2) is 201 Å². The number of anilines is 1. The van der Waals surface area contributed by atoms with E-state index >= 15 is 0 Å². The van der Waals surface area contributed by atoms with Crippen molar-refractivity contribution in [2.24, 2.45) is 0 Å². The van der Waals surface area contributed by atoms with Crippen LogP contribution in [0, 0.1) is 5.82 Å². The van der Waals surface area contributed by atoms with Crippen LogP contribution in [0.2, 0.25) is 0 Å². The number of carbonyl (C=O) groups is 5. The maximum Gasteiger partial charge on any atom is 0.416 e. The number of unbranched alkanes of at least 4 members (excludes halogenated alkanes) is 2. The van der Waals surface area contributed by atoms with Crippen molar-refractivity contribution >= 4 is 35.4 Å². The summed E-state index contributed by atoms with van der Waals surface area (Å²) in [5, 5.41) is 10.4. The van der Waals surface area contributed by atoms with Crippen molar-refractivity contribution in [3.05, 3.63) is 196 Å². The van der Waals surface area contributed by atoms with Crippen molar-refractivity contribution in [2.45, 2.75) is 113 Å². The van der Waals surface area contributed by atoms with Crippen molar-refractivity contribution in [2.75, 3.05) is 125 Å². The summed E-state index contributed by atoms with van der Waals surface area (Å²) in [5.74, 6) is -1.77. The third-order valence-corrected chi connectivity index (χ3v) is 20.7. The van der Waals surface area contributed by atoms with Gasteiger partial charge in [-0.25, -0.2) is 9.18 Å². The summed E-state index contributed by atoms with van der Waals surface area (Å²) in [7, 11) is 7.44. The number of likely N-dealkylation sites (N-methyl/N-ethyl adjacent to an activating group) is 3. The molecule has 16 nitrogen and oxygen atoms in total. The Hall–Kier alpha value is -8.22. The molecule has 100 heavy (non-hydrogen) atoms. The van der Waals surface area contributed by atoms with E-state index in [9.17, 15) is 59.8 Å². The lowest BCUT2D eigenvalue weighted by molar-refractivity contribution is -0.143. The highest BCUT2D eigenvalue weighted by atomic mass is 19.4. The zero-order valence-corrected chi connectivity index (χ0v) is 57.4. The van der Waals surface area contributed by atoms with Crippen LogP contribution < -0.4 is 4.90 Å². The van der Waals surface area contributed by atoms with E-state index < -0.39 is 64.6 Å². The first-order valence-corrected chi connectivity index (χ1v) is 34.6. The molecule has 1 aliphatic carbocycles. The van der Waals surface area contributed by atoms with Gasteiger partial charge in [0.2, 0.25) is 11.8 Å². The molecule has 3 heterocycles. The molecule has 6 aromatic carbocycles. The number of likely N-dealkylation sites (tertiary alicyclic amines) is 2. The number of hydrogen-bond acceptors (Lipinski definition) is 10. The van der Waals surface area contributed by atoms with Crippen LogP contribution in [-0.2, 0) is 55.3 Å². The van der Waals surface area contributed by atoms with E-state index in [1.807, 2.05) is 103 Å². The van der Waals surface area contributed by atoms with Crippen LogP contribution in [0.15, 0.2) is 146 Å². The van der Waals surface area contributed by atoms with Crippen LogP contribution in [0.5, 0.6) is 0 Å². The predicted molar refractivity (Wildman–Crippen MR) is 368 cm³/mol. The molecule has 0 unspecified atom stereocenters. The SMILES string of the molecule is CN(CCCCCC(=O)N(C)CCN1CCC(N(C(=O)O)c2ccccc2-c2ccccc2)CC1)CCc1ccc(C(=O)N(C)CCCN(C)C(=O)CO[C@H]2Cc3ccccc3C23CCN(CC[C@@]2(c4ccc(F)cc4)CN(C(=O)c4cc(C(F)(F)F)cc(C(F)(F)F)c4)CO2)CC3)cc1. The number of carboxylic acid groups (broad SMARTS) is 1. The Labute approximate surface area is 581 Å². The van der Waals surface area contributed by atoms with E-state index in [0.29, 0.717) is 113 Å². The van der Waals surface area contributed by atoms with Crippen molar-refractivity contribution in [1.29, 1.82) is 0 Å². The Balaban J connectivity index is 0.606. The number of fused-ring (bicyclic) bond motifs is 2. The molecule has 536 valence electrons. The average molecular weight is 1390 g/mol. The number of halogens is 7. The van der Waals surface area contributed by atoms with Crippen molar-refractivity contribution < 1.29 is 69.3 Å². The Morgan fingerprint density at radius 3 is 1.94 bits per heavy atom. The molecule has 5 amide bonds. The molecule has 23 heteroatoms. The van der Waals surface area contributed by atoms with E-state index in [1.54, 1.807) is 23.9 Å². The largest absolute Gasteiger partial charge is 0.465 e. The molecule has 6 aromatic rings. The fraction of sp³-hybridized carbons (Fsp3) is 0.468. The second-order valence-corrected chi connectivity index (χ2v) is 27.4. The van der Waals surface area contributed by atoms with Crippen LogP contribution in [0.4, 0.5) is 41.2 Å². The van der Waals surface area contributed by atoms with E-state index in [0.717, 1.165) is 85.6 Å². The van der Waals surface area contributed by atoms with Gasteiger partial charge in [0, 0.05) is 108 Å². The van der Waals surface area contributed by atoms with Crippen LogP contribution in [0.3, 0.4) is 0 Å². The van der Waals surface area contributed by atoms with E-state index in [2.05, 4.69) is 33.9 Å². The number of benzene rings is 6. The van der Waals surface area contributed by atoms with Gasteiger partial charge in [-0.15, -0.1) is 0 Å². The highest BCUT2D eigenvalue weighted by Crippen LogP contribution is 2.49. The number of para-hydroxylation sites is 1. The fourth-order valence-electron chi connectivity index (χ4n) is 14.7. The van der Waals surface area contributed by atoms with Crippen LogP contribution in [0.1, 0.15) is 118 Å². The van der Waals surface area contributed by atoms with Gasteiger partial charge in [-0.1, -0.05) is 103 Å². The fourth-order valence-corrected chi connectivity index (χ4v) is 14.7. The monoisotopic (exact) mass is 1390 g/mol. The quantitative estimate of drug-likeness (QED) is 0.0369. The Kier molecular flexibility index (Phi) is 24.6. The molecule has 0 radical (unpaired) electrons. The standard InChI is InChI=1S/C77H91F7N8O8/c1-85(37-14-6-9-22-69(93)87(3)46-47-89-41-32-64(33-42-89)92(73(97)98)67-21-13-11-19-65(67)56-16-7-5-8-17-56)40-31-55-23-25-57(26-24-55)71(95)88(4)39-15-38-86(2)70(94)52-99-68-50-58-18-10-12-20-66(58)74(68)34-43-90(44-35-74)45-36-75(60-27-29-63(78)30-28-60)53-91(54-100-75)72(96)59-48-61(76(79,80)81)51-62(49-59)77(82,83)84/h5,7-8,10-13,16-21,23-30,48-49,51,64,68H,6,9,14-15,22,31-47,50,52-54H2,1-4H3,(H,97,98)/t68-,75-/m0/s1. The minimum atomic E-state index is -5.15. The van der Waals surface area contributed by atoms with Crippen molar-refractivity contribution in [3.63, 3.8) is 0 Å². The first-order chi connectivity index (χ1) is 47.8. The molecule has 0 saturated carbocycles. The normalized spacial score (nSPS) is 18.1. The first-order valence-electron chi connectivity index (χ1n) is 34.6. The Bertz CT molecular complexity index is 3720. The molecule has 4 aliphatic rings. The highest BCUT2D eigenvalue weighted by molar-refractivity contribution is 5.96. The van der Waals surface area contributed by atoms with Gasteiger partial charge in [0.05, 0.1) is 29.5 Å². The van der Waals surface area contributed by atoms with Gasteiger partial charge in [-0.05, 0) is 167 Å². The van der Waals surface area contributed by atoms with Crippen LogP contribution >= 0.6 is 0 Å². The smallest absolute Gasteiger partial charge is 0.416 e. The van der Waals surface area contributed by atoms with Gasteiger partial charge in [-0.3, -0.25) is 24.1 Å². The van der Waals surface area contributed by atoms with Crippen molar-refractivity contribution in [1.82, 2.24) is 34.3 Å². The van der Waals surface area contributed by atoms with Gasteiger partial charge in [0.25, 0.3) is 11.8 Å². The maximum absolute atomic E-state index is 14.3. The number of hydrogen-bond donors (Lipinski definition) is 1. The molecule has 0 aromatic heterocycles. The lowest BCUT2D eigenvalue weighted by atomic mass is 9.72. The molecule has 0 bridgehead atoms. The van der Waals surface area contributed by atoms with Gasteiger partial charge >= 0.3 is 18.4 Å². The Morgan fingerprint density at radius 1 is 0.630 bits per heavy atom. The van der Waals surface area contributed by atoms with E-state index in [-0.39, 0.29) is 55.5 Å². The minimum Gasteiger partial charge on any atom is -0.465 e. The third kappa shape index (κ3) is 18.5. The summed E-state index contributed by atoms with van der Waals surface area (Å²) in [4.78, 5) is 81.3. The minimum absolute atomic E-state index is 0.0275. The Morgan fingerprint density at radius 2 is 1.26 bits per heavy atom. The zero-order valence-electron chi connectivity index (χ0n) is 57.4. The summed E-state index contributed by atoms with van der Waals surface area (Å²) in [6.45, 7) is 6.31. The van der Waals surface area contributed by atoms with Crippen LogP contribution in [0.25, 0.3) is 11.1 Å². The summed E-state index contributed by atoms with van der Waals surface area (Å²) in [6, 6.07) is 39.5. The summed E-state index contributed by atoms with van der Waals surface area (Å²) < 4.78 is 110. The summed E-state index contributed by atoms with van der Waals surface area (Å²) in [6.07, 6.45) is -3.32. The number of ether oxygens (including phenoxy) is 2. The molecule has 2 atom stereocenters. The molecular formula is C77H91F7N8O8. The average Bonchev–Trinajstić information content (AvgIpc) is 1.62. The van der Waals surface area contributed by atoms with Gasteiger partial charge in [-0.2, -0.15) is 26.3 Å². The first kappa shape index (κ1) is 74.5. The molecule has 3 saturated heterocycles. The lowest BCUT2D eigenvalue weighted by Gasteiger charge is -2.44. The molecule has 10 rings (SSSR count). The number of rotatable bonds is 28. The van der Waals surface area contributed by atoms with Crippen molar-refractivity contribution in [3.8, 4) is 11.1 Å². The lowest BCUT2D eigenvalue weighted by Crippen LogP contribution is -2.50. The second kappa shape index (κ2) is 33.1. The number of carbonyl (C=O) groups excluding carboxylic acids is 4. The molecule has 1 spiro atoms. The zero-order chi connectivity index (χ0) is 71.4. The number of nitrogens with zero attached hydrogens (tertiary/aromatic N) is 8. The highest BCUT2D eigenvalue weighted by Gasteiger charge is 2.50.